The van der Waals surface area contributed by atoms with E-state index in [1.807, 2.05) is 0 Å². The highest BCUT2D eigenvalue weighted by atomic mass is 16.3. The quantitative estimate of drug-likeness (QED) is 0.817. The Hall–Kier alpha value is -1.95. The van der Waals surface area contributed by atoms with E-state index < -0.39 is 0 Å². The summed E-state index contributed by atoms with van der Waals surface area (Å²) in [4.78, 5) is 16.3. The van der Waals surface area contributed by atoms with Gasteiger partial charge in [0, 0.05) is 24.5 Å². The van der Waals surface area contributed by atoms with Crippen molar-refractivity contribution in [2.75, 3.05) is 6.61 Å². The Balaban J connectivity index is 1.84. The van der Waals surface area contributed by atoms with Crippen LogP contribution in [0.1, 0.15) is 29.6 Å². The molecule has 3 rings (SSSR count). The smallest absolute Gasteiger partial charge is 0.257 e. The molecule has 6 nitrogen and oxygen atoms in total. The number of amides is 1. The third-order valence-electron chi connectivity index (χ3n) is 3.35. The molecule has 0 radical (unpaired) electrons. The Morgan fingerprint density at radius 3 is 3.11 bits per heavy atom. The third kappa shape index (κ3) is 1.84. The molecule has 0 aromatic carbocycles. The van der Waals surface area contributed by atoms with Crippen LogP contribution in [0.4, 0.5) is 0 Å². The first kappa shape index (κ1) is 11.2. The van der Waals surface area contributed by atoms with Gasteiger partial charge in [-0.15, -0.1) is 0 Å². The molecule has 2 heterocycles. The summed E-state index contributed by atoms with van der Waals surface area (Å²) >= 11 is 0. The van der Waals surface area contributed by atoms with Crippen LogP contribution in [0, 0.1) is 0 Å². The Bertz CT molecular complexity index is 589. The Kier molecular flexibility index (Phi) is 2.52. The average molecular weight is 246 g/mol. The summed E-state index contributed by atoms with van der Waals surface area (Å²) in [5.41, 5.74) is 0.809. The summed E-state index contributed by atoms with van der Waals surface area (Å²) in [7, 11) is 0. The minimum atomic E-state index is -0.213. The molecular formula is C12H14N4O2. The van der Waals surface area contributed by atoms with Gasteiger partial charge in [0.15, 0.2) is 5.65 Å². The van der Waals surface area contributed by atoms with Crippen LogP contribution in [0.3, 0.4) is 0 Å². The highest BCUT2D eigenvalue weighted by Gasteiger charge is 2.43. The van der Waals surface area contributed by atoms with E-state index in [4.69, 9.17) is 5.11 Å². The van der Waals surface area contributed by atoms with Gasteiger partial charge in [0.25, 0.3) is 5.91 Å². The molecule has 2 N–H and O–H groups in total. The second-order valence-electron chi connectivity index (χ2n) is 4.65. The maximum absolute atomic E-state index is 12.2. The number of fused-ring (bicyclic) bond motifs is 1. The zero-order valence-corrected chi connectivity index (χ0v) is 9.83. The standard InChI is InChI=1S/C12H14N4O2/c17-7-4-12(2-3-12)15-11(18)9-8-14-16-6-1-5-13-10(9)16/h1,5-6,8,17H,2-4,7H2,(H,15,18). The summed E-state index contributed by atoms with van der Waals surface area (Å²) in [6, 6.07) is 1.76. The van der Waals surface area contributed by atoms with Crippen molar-refractivity contribution in [2.24, 2.45) is 0 Å². The van der Waals surface area contributed by atoms with E-state index in [2.05, 4.69) is 15.4 Å². The Morgan fingerprint density at radius 2 is 2.39 bits per heavy atom. The lowest BCUT2D eigenvalue weighted by Gasteiger charge is -2.15. The lowest BCUT2D eigenvalue weighted by molar-refractivity contribution is 0.0925. The fraction of sp³-hybridized carbons (Fsp3) is 0.417. The fourth-order valence-electron chi connectivity index (χ4n) is 2.10. The van der Waals surface area contributed by atoms with Gasteiger partial charge in [-0.1, -0.05) is 0 Å². The normalized spacial score (nSPS) is 16.7. The van der Waals surface area contributed by atoms with Crippen molar-refractivity contribution in [1.29, 1.82) is 0 Å². The predicted molar refractivity (Wildman–Crippen MR) is 64.1 cm³/mol. The van der Waals surface area contributed by atoms with E-state index in [1.165, 1.54) is 6.20 Å². The first-order chi connectivity index (χ1) is 8.74. The topological polar surface area (TPSA) is 79.5 Å². The van der Waals surface area contributed by atoms with Crippen molar-refractivity contribution < 1.29 is 9.90 Å². The molecule has 0 spiro atoms. The number of carbonyl (C=O) groups excluding carboxylic acids is 1. The van der Waals surface area contributed by atoms with Crippen LogP contribution in [0.25, 0.3) is 5.65 Å². The number of carbonyl (C=O) groups is 1. The molecule has 0 unspecified atom stereocenters. The number of aliphatic hydroxyl groups excluding tert-OH is 1. The van der Waals surface area contributed by atoms with Crippen molar-refractivity contribution in [3.63, 3.8) is 0 Å². The van der Waals surface area contributed by atoms with Gasteiger partial charge in [-0.2, -0.15) is 5.10 Å². The van der Waals surface area contributed by atoms with Crippen LogP contribution in [0.15, 0.2) is 24.7 Å². The van der Waals surface area contributed by atoms with Gasteiger partial charge in [0.05, 0.1) is 6.20 Å². The molecule has 94 valence electrons. The first-order valence-corrected chi connectivity index (χ1v) is 5.96. The van der Waals surface area contributed by atoms with Crippen molar-refractivity contribution in [2.45, 2.75) is 24.8 Å². The molecule has 6 heteroatoms. The molecule has 2 aromatic rings. The summed E-state index contributed by atoms with van der Waals surface area (Å²) in [6.45, 7) is 0.0906. The summed E-state index contributed by atoms with van der Waals surface area (Å²) < 4.78 is 1.57. The molecule has 1 amide bonds. The fourth-order valence-corrected chi connectivity index (χ4v) is 2.10. The molecule has 0 aliphatic heterocycles. The number of hydrogen-bond donors (Lipinski definition) is 2. The van der Waals surface area contributed by atoms with Gasteiger partial charge in [0.1, 0.15) is 5.56 Å². The van der Waals surface area contributed by atoms with E-state index >= 15 is 0 Å². The maximum Gasteiger partial charge on any atom is 0.257 e. The van der Waals surface area contributed by atoms with Crippen LogP contribution in [-0.2, 0) is 0 Å². The van der Waals surface area contributed by atoms with Crippen molar-refractivity contribution in [3.05, 3.63) is 30.2 Å². The zero-order chi connectivity index (χ0) is 12.6. The lowest BCUT2D eigenvalue weighted by Crippen LogP contribution is -2.37. The minimum absolute atomic E-state index is 0.0906. The Morgan fingerprint density at radius 1 is 1.56 bits per heavy atom. The largest absolute Gasteiger partial charge is 0.396 e. The summed E-state index contributed by atoms with van der Waals surface area (Å²) in [6.07, 6.45) is 7.35. The van der Waals surface area contributed by atoms with Crippen LogP contribution >= 0.6 is 0 Å². The van der Waals surface area contributed by atoms with Crippen LogP contribution < -0.4 is 5.32 Å². The Labute approximate surface area is 104 Å². The number of hydrogen-bond acceptors (Lipinski definition) is 4. The van der Waals surface area contributed by atoms with Gasteiger partial charge in [-0.3, -0.25) is 4.79 Å². The van der Waals surface area contributed by atoms with Crippen LogP contribution in [0.2, 0.25) is 0 Å². The summed E-state index contributed by atoms with van der Waals surface area (Å²) in [5, 5.41) is 16.0. The first-order valence-electron chi connectivity index (χ1n) is 5.96. The number of aliphatic hydroxyl groups is 1. The van der Waals surface area contributed by atoms with Gasteiger partial charge in [-0.05, 0) is 25.3 Å². The van der Waals surface area contributed by atoms with Crippen molar-refractivity contribution in [1.82, 2.24) is 19.9 Å². The SMILES string of the molecule is O=C(NC1(CCO)CC1)c1cnn2cccnc12. The molecular weight excluding hydrogens is 232 g/mol. The molecule has 2 aromatic heterocycles. The maximum atomic E-state index is 12.2. The van der Waals surface area contributed by atoms with E-state index in [1.54, 1.807) is 23.0 Å². The molecule has 1 aliphatic carbocycles. The van der Waals surface area contributed by atoms with E-state index in [0.717, 1.165) is 12.8 Å². The third-order valence-corrected chi connectivity index (χ3v) is 3.35. The number of nitrogens with one attached hydrogen (secondary N) is 1. The number of rotatable bonds is 4. The second-order valence-corrected chi connectivity index (χ2v) is 4.65. The molecule has 1 fully saturated rings. The van der Waals surface area contributed by atoms with Gasteiger partial charge in [-0.25, -0.2) is 9.50 Å². The second kappa shape index (κ2) is 4.06. The zero-order valence-electron chi connectivity index (χ0n) is 9.83. The molecule has 18 heavy (non-hydrogen) atoms. The number of nitrogens with zero attached hydrogens (tertiary/aromatic N) is 3. The van der Waals surface area contributed by atoms with E-state index in [0.29, 0.717) is 17.6 Å². The highest BCUT2D eigenvalue weighted by molar-refractivity contribution is 6.00. The molecule has 0 saturated heterocycles. The van der Waals surface area contributed by atoms with Gasteiger partial charge >= 0.3 is 0 Å². The van der Waals surface area contributed by atoms with Crippen LogP contribution in [0.5, 0.6) is 0 Å². The average Bonchev–Trinajstić information content (AvgIpc) is 2.98. The lowest BCUT2D eigenvalue weighted by atomic mass is 10.1. The minimum Gasteiger partial charge on any atom is -0.396 e. The van der Waals surface area contributed by atoms with E-state index in [9.17, 15) is 4.79 Å². The predicted octanol–water partition coefficient (Wildman–Crippen LogP) is 0.374. The molecule has 1 saturated carbocycles. The monoisotopic (exact) mass is 246 g/mol. The van der Waals surface area contributed by atoms with Crippen LogP contribution in [-0.4, -0.2) is 37.8 Å². The molecule has 0 atom stereocenters. The highest BCUT2D eigenvalue weighted by Crippen LogP contribution is 2.38. The number of aromatic nitrogens is 3. The van der Waals surface area contributed by atoms with Crippen molar-refractivity contribution >= 4 is 11.6 Å². The van der Waals surface area contributed by atoms with Crippen molar-refractivity contribution in [3.8, 4) is 0 Å². The van der Waals surface area contributed by atoms with Gasteiger partial charge in [0.2, 0.25) is 0 Å². The van der Waals surface area contributed by atoms with E-state index in [-0.39, 0.29) is 18.1 Å². The summed E-state index contributed by atoms with van der Waals surface area (Å²) in [5.74, 6) is -0.172. The molecule has 0 bridgehead atoms. The molecule has 1 aliphatic rings. The van der Waals surface area contributed by atoms with Gasteiger partial charge < -0.3 is 10.4 Å².